The Hall–Kier alpha value is -1.16. The van der Waals surface area contributed by atoms with Gasteiger partial charge in [-0.25, -0.2) is 0 Å². The van der Waals surface area contributed by atoms with E-state index < -0.39 is 0 Å². The Morgan fingerprint density at radius 1 is 1.36 bits per heavy atom. The molecule has 1 heterocycles. The average molecular weight is 193 g/mol. The van der Waals surface area contributed by atoms with Gasteiger partial charge >= 0.3 is 0 Å². The maximum Gasteiger partial charge on any atom is 0.149 e. The summed E-state index contributed by atoms with van der Waals surface area (Å²) in [5.41, 5.74) is 6.68. The van der Waals surface area contributed by atoms with Gasteiger partial charge in [-0.05, 0) is 18.9 Å². The lowest BCUT2D eigenvalue weighted by molar-refractivity contribution is 0.106. The Labute approximate surface area is 83.2 Å². The monoisotopic (exact) mass is 193 g/mol. The van der Waals surface area contributed by atoms with Gasteiger partial charge in [0.05, 0.1) is 12.3 Å². The first-order valence-corrected chi connectivity index (χ1v) is 5.04. The summed E-state index contributed by atoms with van der Waals surface area (Å²) >= 11 is 0. The van der Waals surface area contributed by atoms with Crippen molar-refractivity contribution in [2.24, 2.45) is 0 Å². The second-order valence-corrected chi connectivity index (χ2v) is 3.83. The third kappa shape index (κ3) is 1.70. The zero-order chi connectivity index (χ0) is 9.97. The first-order valence-electron chi connectivity index (χ1n) is 5.04. The first kappa shape index (κ1) is 9.40. The molecule has 3 N–H and O–H groups in total. The first-order chi connectivity index (χ1) is 6.79. The highest BCUT2D eigenvalue weighted by molar-refractivity contribution is 5.40. The molecular formula is C10H15N3O. The van der Waals surface area contributed by atoms with Gasteiger partial charge in [0.2, 0.25) is 0 Å². The predicted molar refractivity (Wildman–Crippen MR) is 53.7 cm³/mol. The number of aliphatic hydroxyl groups is 1. The lowest BCUT2D eigenvalue weighted by Crippen LogP contribution is -2.23. The van der Waals surface area contributed by atoms with Gasteiger partial charge < -0.3 is 10.8 Å². The molecule has 0 saturated heterocycles. The molecule has 1 aliphatic rings. The number of nitrogen functional groups attached to an aromatic ring is 1. The van der Waals surface area contributed by atoms with Crippen LogP contribution < -0.4 is 5.73 Å². The molecule has 1 aromatic heterocycles. The summed E-state index contributed by atoms with van der Waals surface area (Å²) in [6, 6.07) is 1.86. The molecule has 0 aromatic carbocycles. The van der Waals surface area contributed by atoms with E-state index in [9.17, 15) is 5.11 Å². The Bertz CT molecular complexity index is 316. The molecule has 1 saturated carbocycles. The van der Waals surface area contributed by atoms with Gasteiger partial charge in [-0.2, -0.15) is 5.10 Å². The fraction of sp³-hybridized carbons (Fsp3) is 0.600. The van der Waals surface area contributed by atoms with E-state index in [1.54, 1.807) is 6.20 Å². The topological polar surface area (TPSA) is 72.0 Å². The van der Waals surface area contributed by atoms with Gasteiger partial charge in [-0.3, -0.25) is 0 Å². The second-order valence-electron chi connectivity index (χ2n) is 3.83. The van der Waals surface area contributed by atoms with Crippen molar-refractivity contribution in [2.75, 3.05) is 5.73 Å². The molecule has 0 radical (unpaired) electrons. The molecule has 0 amide bonds. The quantitative estimate of drug-likeness (QED) is 0.700. The summed E-state index contributed by atoms with van der Waals surface area (Å²) < 4.78 is 0. The molecule has 4 heteroatoms. The van der Waals surface area contributed by atoms with Crippen LogP contribution in [0.15, 0.2) is 12.3 Å². The molecule has 0 bridgehead atoms. The number of aliphatic hydroxyl groups excluding tert-OH is 1. The smallest absolute Gasteiger partial charge is 0.149 e. The van der Waals surface area contributed by atoms with E-state index in [0.717, 1.165) is 31.2 Å². The fourth-order valence-electron chi connectivity index (χ4n) is 2.14. The summed E-state index contributed by atoms with van der Waals surface area (Å²) in [5, 5.41) is 17.4. The van der Waals surface area contributed by atoms with Crippen molar-refractivity contribution >= 4 is 5.82 Å². The normalized spacial score (nSPS) is 27.5. The molecule has 0 spiro atoms. The van der Waals surface area contributed by atoms with E-state index in [-0.39, 0.29) is 12.0 Å². The van der Waals surface area contributed by atoms with E-state index in [4.69, 9.17) is 5.73 Å². The lowest BCUT2D eigenvalue weighted by Gasteiger charge is -2.28. The van der Waals surface area contributed by atoms with Gasteiger partial charge in [-0.1, -0.05) is 12.8 Å². The summed E-state index contributed by atoms with van der Waals surface area (Å²) in [4.78, 5) is 0. The van der Waals surface area contributed by atoms with E-state index in [2.05, 4.69) is 10.2 Å². The Balaban J connectivity index is 2.25. The van der Waals surface area contributed by atoms with Crippen LogP contribution in [0.4, 0.5) is 5.82 Å². The van der Waals surface area contributed by atoms with Crippen molar-refractivity contribution in [3.8, 4) is 0 Å². The molecule has 0 aliphatic heterocycles. The van der Waals surface area contributed by atoms with Crippen LogP contribution >= 0.6 is 0 Å². The molecule has 4 nitrogen and oxygen atoms in total. The third-order valence-corrected chi connectivity index (χ3v) is 2.91. The van der Waals surface area contributed by atoms with Crippen LogP contribution in [0.25, 0.3) is 0 Å². The minimum atomic E-state index is -0.268. The fourth-order valence-corrected chi connectivity index (χ4v) is 2.14. The van der Waals surface area contributed by atoms with Crippen LogP contribution in [0.5, 0.6) is 0 Å². The molecule has 76 valence electrons. The van der Waals surface area contributed by atoms with Gasteiger partial charge in [0.25, 0.3) is 0 Å². The van der Waals surface area contributed by atoms with Crippen molar-refractivity contribution in [2.45, 2.75) is 37.7 Å². The molecular weight excluding hydrogens is 178 g/mol. The van der Waals surface area contributed by atoms with Crippen LogP contribution in [-0.4, -0.2) is 21.4 Å². The van der Waals surface area contributed by atoms with Crippen molar-refractivity contribution in [3.63, 3.8) is 0 Å². The molecule has 2 atom stereocenters. The van der Waals surface area contributed by atoms with Gasteiger partial charge in [0.1, 0.15) is 5.82 Å². The highest BCUT2D eigenvalue weighted by Crippen LogP contribution is 2.34. The number of hydrogen-bond donors (Lipinski definition) is 2. The van der Waals surface area contributed by atoms with Crippen molar-refractivity contribution in [3.05, 3.63) is 17.8 Å². The summed E-state index contributed by atoms with van der Waals surface area (Å²) in [6.07, 6.45) is 5.49. The predicted octanol–water partition coefficient (Wildman–Crippen LogP) is 1.08. The highest BCUT2D eigenvalue weighted by Gasteiger charge is 2.26. The molecule has 1 fully saturated rings. The summed E-state index contributed by atoms with van der Waals surface area (Å²) in [5.74, 6) is 0.609. The molecule has 2 rings (SSSR count). The zero-order valence-corrected chi connectivity index (χ0v) is 8.06. The largest absolute Gasteiger partial charge is 0.392 e. The van der Waals surface area contributed by atoms with Crippen LogP contribution in [0.2, 0.25) is 0 Å². The molecule has 1 aliphatic carbocycles. The molecule has 14 heavy (non-hydrogen) atoms. The van der Waals surface area contributed by atoms with Gasteiger partial charge in [-0.15, -0.1) is 5.10 Å². The third-order valence-electron chi connectivity index (χ3n) is 2.91. The van der Waals surface area contributed by atoms with Crippen molar-refractivity contribution in [1.29, 1.82) is 0 Å². The number of nitrogens with two attached hydrogens (primary N) is 1. The van der Waals surface area contributed by atoms with Crippen LogP contribution in [0.1, 0.15) is 37.2 Å². The number of anilines is 1. The standard InChI is InChI=1S/C10H15N3O/c11-10-8(5-6-12-13-10)7-3-1-2-4-9(7)14/h5-7,9,14H,1-4H2,(H2,11,13). The van der Waals surface area contributed by atoms with E-state index in [0.29, 0.717) is 5.82 Å². The van der Waals surface area contributed by atoms with Gasteiger partial charge in [0.15, 0.2) is 0 Å². The molecule has 1 aromatic rings. The second kappa shape index (κ2) is 3.92. The van der Waals surface area contributed by atoms with Crippen molar-refractivity contribution < 1.29 is 5.11 Å². The number of hydrogen-bond acceptors (Lipinski definition) is 4. The van der Waals surface area contributed by atoms with Crippen LogP contribution in [0.3, 0.4) is 0 Å². The van der Waals surface area contributed by atoms with E-state index in [1.165, 1.54) is 0 Å². The Kier molecular flexibility index (Phi) is 2.63. The highest BCUT2D eigenvalue weighted by atomic mass is 16.3. The molecule has 2 unspecified atom stereocenters. The maximum absolute atomic E-state index is 9.84. The lowest BCUT2D eigenvalue weighted by atomic mass is 9.82. The summed E-state index contributed by atoms with van der Waals surface area (Å²) in [6.45, 7) is 0. The Morgan fingerprint density at radius 2 is 2.14 bits per heavy atom. The SMILES string of the molecule is Nc1nnccc1C1CCCCC1O. The minimum Gasteiger partial charge on any atom is -0.392 e. The number of nitrogens with zero attached hydrogens (tertiary/aromatic N) is 2. The number of rotatable bonds is 1. The summed E-state index contributed by atoms with van der Waals surface area (Å²) in [7, 11) is 0. The zero-order valence-electron chi connectivity index (χ0n) is 8.06. The van der Waals surface area contributed by atoms with Crippen molar-refractivity contribution in [1.82, 2.24) is 10.2 Å². The Morgan fingerprint density at radius 3 is 2.86 bits per heavy atom. The van der Waals surface area contributed by atoms with E-state index >= 15 is 0 Å². The van der Waals surface area contributed by atoms with Crippen LogP contribution in [0, 0.1) is 0 Å². The van der Waals surface area contributed by atoms with Crippen LogP contribution in [-0.2, 0) is 0 Å². The average Bonchev–Trinajstić information content (AvgIpc) is 2.20. The van der Waals surface area contributed by atoms with E-state index in [1.807, 2.05) is 6.07 Å². The maximum atomic E-state index is 9.84. The number of aromatic nitrogens is 2. The van der Waals surface area contributed by atoms with Gasteiger partial charge in [0, 0.05) is 11.5 Å². The minimum absolute atomic E-state index is 0.152.